The normalized spacial score (nSPS) is 14.6. The van der Waals surface area contributed by atoms with Gasteiger partial charge >= 0.3 is 5.97 Å². The summed E-state index contributed by atoms with van der Waals surface area (Å²) in [5, 5.41) is 7.45. The maximum atomic E-state index is 12.1. The standard InChI is InChI=1S/C12H15ClN4O4/c1-2-21-12(20)11-8(6-13)17(15-14-11)7-10(19)16-5-3-4-9(16)18/h2-7H2,1H3. The van der Waals surface area contributed by atoms with E-state index in [2.05, 4.69) is 10.3 Å². The second-order valence-electron chi connectivity index (χ2n) is 4.44. The van der Waals surface area contributed by atoms with Gasteiger partial charge in [0.25, 0.3) is 5.91 Å². The van der Waals surface area contributed by atoms with Gasteiger partial charge in [-0.15, -0.1) is 16.7 Å². The molecule has 1 aromatic heterocycles. The maximum Gasteiger partial charge on any atom is 0.360 e. The number of aromatic nitrogens is 3. The topological polar surface area (TPSA) is 94.4 Å². The minimum Gasteiger partial charge on any atom is -0.461 e. The molecule has 0 radical (unpaired) electrons. The summed E-state index contributed by atoms with van der Waals surface area (Å²) < 4.78 is 6.07. The van der Waals surface area contributed by atoms with E-state index in [4.69, 9.17) is 16.3 Å². The van der Waals surface area contributed by atoms with Crippen LogP contribution in [0, 0.1) is 0 Å². The van der Waals surface area contributed by atoms with Crippen molar-refractivity contribution in [2.75, 3.05) is 13.2 Å². The molecule has 0 spiro atoms. The van der Waals surface area contributed by atoms with Gasteiger partial charge in [-0.1, -0.05) is 5.21 Å². The molecule has 2 amide bonds. The van der Waals surface area contributed by atoms with Crippen LogP contribution in [0.5, 0.6) is 0 Å². The van der Waals surface area contributed by atoms with E-state index in [0.717, 1.165) is 0 Å². The highest BCUT2D eigenvalue weighted by Crippen LogP contribution is 2.13. The first-order valence-electron chi connectivity index (χ1n) is 6.57. The summed E-state index contributed by atoms with van der Waals surface area (Å²) in [6.45, 7) is 2.10. The molecular weight excluding hydrogens is 300 g/mol. The lowest BCUT2D eigenvalue weighted by atomic mass is 10.3. The van der Waals surface area contributed by atoms with E-state index in [1.165, 1.54) is 9.58 Å². The average molecular weight is 315 g/mol. The van der Waals surface area contributed by atoms with Crippen LogP contribution in [-0.4, -0.2) is 50.8 Å². The SMILES string of the molecule is CCOC(=O)c1nnn(CC(=O)N2CCCC2=O)c1CCl. The number of rotatable bonds is 5. The zero-order chi connectivity index (χ0) is 15.4. The van der Waals surface area contributed by atoms with Gasteiger partial charge in [0.15, 0.2) is 5.69 Å². The zero-order valence-electron chi connectivity index (χ0n) is 11.5. The third-order valence-corrected chi connectivity index (χ3v) is 3.35. The van der Waals surface area contributed by atoms with E-state index in [0.29, 0.717) is 25.1 Å². The molecule has 0 N–H and O–H groups in total. The molecule has 0 saturated carbocycles. The molecule has 0 atom stereocenters. The van der Waals surface area contributed by atoms with E-state index in [9.17, 15) is 14.4 Å². The zero-order valence-corrected chi connectivity index (χ0v) is 12.3. The van der Waals surface area contributed by atoms with Crippen molar-refractivity contribution in [3.05, 3.63) is 11.4 Å². The fraction of sp³-hybridized carbons (Fsp3) is 0.583. The average Bonchev–Trinajstić information content (AvgIpc) is 3.05. The summed E-state index contributed by atoms with van der Waals surface area (Å²) in [7, 11) is 0. The molecule has 1 aromatic rings. The number of esters is 1. The monoisotopic (exact) mass is 314 g/mol. The smallest absolute Gasteiger partial charge is 0.360 e. The van der Waals surface area contributed by atoms with E-state index in [-0.39, 0.29) is 36.5 Å². The number of alkyl halides is 1. The summed E-state index contributed by atoms with van der Waals surface area (Å²) in [5.41, 5.74) is 0.294. The Bertz CT molecular complexity index is 572. The minimum absolute atomic E-state index is 0.00704. The van der Waals surface area contributed by atoms with Gasteiger partial charge in [0.05, 0.1) is 18.2 Å². The number of imide groups is 1. The molecule has 0 unspecified atom stereocenters. The molecule has 9 heteroatoms. The number of carbonyl (C=O) groups is 3. The Morgan fingerprint density at radius 3 is 2.76 bits per heavy atom. The lowest BCUT2D eigenvalue weighted by molar-refractivity contribution is -0.142. The predicted octanol–water partition coefficient (Wildman–Crippen LogP) is 0.343. The Kier molecular flexibility index (Phi) is 4.89. The molecule has 0 aliphatic carbocycles. The fourth-order valence-electron chi connectivity index (χ4n) is 2.08. The van der Waals surface area contributed by atoms with Gasteiger partial charge in [0, 0.05) is 13.0 Å². The summed E-state index contributed by atoms with van der Waals surface area (Å²) in [6, 6.07) is 0. The predicted molar refractivity (Wildman–Crippen MR) is 71.5 cm³/mol. The second-order valence-corrected chi connectivity index (χ2v) is 4.71. The Hall–Kier alpha value is -1.96. The van der Waals surface area contributed by atoms with Gasteiger partial charge in [0.2, 0.25) is 5.91 Å². The number of hydrogen-bond donors (Lipinski definition) is 0. The van der Waals surface area contributed by atoms with Crippen LogP contribution in [0.4, 0.5) is 0 Å². The molecule has 1 fully saturated rings. The van der Waals surface area contributed by atoms with Crippen LogP contribution in [0.1, 0.15) is 35.9 Å². The first kappa shape index (κ1) is 15.4. The number of ether oxygens (including phenoxy) is 1. The third kappa shape index (κ3) is 3.21. The van der Waals surface area contributed by atoms with Crippen LogP contribution in [0.3, 0.4) is 0 Å². The highest BCUT2D eigenvalue weighted by Gasteiger charge is 2.28. The molecule has 2 rings (SSSR count). The van der Waals surface area contributed by atoms with Crippen LogP contribution in [0.25, 0.3) is 0 Å². The molecule has 21 heavy (non-hydrogen) atoms. The number of hydrogen-bond acceptors (Lipinski definition) is 6. The van der Waals surface area contributed by atoms with Crippen molar-refractivity contribution in [2.24, 2.45) is 0 Å². The first-order valence-corrected chi connectivity index (χ1v) is 7.10. The highest BCUT2D eigenvalue weighted by molar-refractivity contribution is 6.17. The van der Waals surface area contributed by atoms with Crippen molar-refractivity contribution < 1.29 is 19.1 Å². The maximum absolute atomic E-state index is 12.1. The summed E-state index contributed by atoms with van der Waals surface area (Å²) in [6.07, 6.45) is 1.04. The molecular formula is C12H15ClN4O4. The van der Waals surface area contributed by atoms with Crippen molar-refractivity contribution in [1.82, 2.24) is 19.9 Å². The summed E-state index contributed by atoms with van der Waals surface area (Å²) in [5.74, 6) is -1.26. The Morgan fingerprint density at radius 1 is 1.43 bits per heavy atom. The molecule has 0 bridgehead atoms. The summed E-state index contributed by atoms with van der Waals surface area (Å²) in [4.78, 5) is 36.4. The van der Waals surface area contributed by atoms with Crippen molar-refractivity contribution >= 4 is 29.4 Å². The minimum atomic E-state index is -0.635. The molecule has 2 heterocycles. The number of carbonyl (C=O) groups excluding carboxylic acids is 3. The highest BCUT2D eigenvalue weighted by atomic mass is 35.5. The molecule has 1 saturated heterocycles. The molecule has 1 aliphatic heterocycles. The van der Waals surface area contributed by atoms with Gasteiger partial charge in [-0.05, 0) is 13.3 Å². The van der Waals surface area contributed by atoms with Gasteiger partial charge in [0.1, 0.15) is 6.54 Å². The van der Waals surface area contributed by atoms with Crippen molar-refractivity contribution in [3.63, 3.8) is 0 Å². The van der Waals surface area contributed by atoms with E-state index >= 15 is 0 Å². The van der Waals surface area contributed by atoms with Crippen LogP contribution in [0.15, 0.2) is 0 Å². The van der Waals surface area contributed by atoms with Crippen LogP contribution < -0.4 is 0 Å². The Morgan fingerprint density at radius 2 is 2.19 bits per heavy atom. The quantitative estimate of drug-likeness (QED) is 0.574. The third-order valence-electron chi connectivity index (χ3n) is 3.09. The van der Waals surface area contributed by atoms with Crippen molar-refractivity contribution in [1.29, 1.82) is 0 Å². The van der Waals surface area contributed by atoms with Crippen molar-refractivity contribution in [3.8, 4) is 0 Å². The van der Waals surface area contributed by atoms with Crippen molar-refractivity contribution in [2.45, 2.75) is 32.2 Å². The number of nitrogens with zero attached hydrogens (tertiary/aromatic N) is 4. The van der Waals surface area contributed by atoms with E-state index in [1.54, 1.807) is 6.92 Å². The van der Waals surface area contributed by atoms with E-state index in [1.807, 2.05) is 0 Å². The van der Waals surface area contributed by atoms with E-state index < -0.39 is 5.97 Å². The number of likely N-dealkylation sites (tertiary alicyclic amines) is 1. The van der Waals surface area contributed by atoms with Crippen LogP contribution in [-0.2, 0) is 26.8 Å². The first-order chi connectivity index (χ1) is 10.1. The molecule has 1 aliphatic rings. The number of halogens is 1. The van der Waals surface area contributed by atoms with Gasteiger partial charge in [-0.25, -0.2) is 9.48 Å². The van der Waals surface area contributed by atoms with Gasteiger partial charge < -0.3 is 4.74 Å². The fourth-order valence-corrected chi connectivity index (χ4v) is 2.34. The van der Waals surface area contributed by atoms with Gasteiger partial charge in [-0.3, -0.25) is 14.5 Å². The largest absolute Gasteiger partial charge is 0.461 e. The lowest BCUT2D eigenvalue weighted by Gasteiger charge is -2.13. The summed E-state index contributed by atoms with van der Waals surface area (Å²) >= 11 is 5.79. The van der Waals surface area contributed by atoms with Gasteiger partial charge in [-0.2, -0.15) is 0 Å². The molecule has 0 aromatic carbocycles. The van der Waals surface area contributed by atoms with Crippen LogP contribution >= 0.6 is 11.6 Å². The Balaban J connectivity index is 2.15. The Labute approximate surface area is 126 Å². The van der Waals surface area contributed by atoms with Crippen LogP contribution in [0.2, 0.25) is 0 Å². The molecule has 8 nitrogen and oxygen atoms in total. The number of amides is 2. The second kappa shape index (κ2) is 6.66. The molecule has 114 valence electrons. The lowest BCUT2D eigenvalue weighted by Crippen LogP contribution is -2.35.